The highest BCUT2D eigenvalue weighted by Crippen LogP contribution is 2.31. The van der Waals surface area contributed by atoms with Crippen molar-refractivity contribution in [2.75, 3.05) is 32.1 Å². The number of nitrogens with zero attached hydrogens (tertiary/aromatic N) is 4. The Balaban J connectivity index is 1.93. The molecule has 6 heteroatoms. The summed E-state index contributed by atoms with van der Waals surface area (Å²) in [5.74, 6) is -0.946. The number of rotatable bonds is 6. The molecule has 0 N–H and O–H groups in total. The van der Waals surface area contributed by atoms with Crippen LogP contribution in [-0.4, -0.2) is 55.1 Å². The summed E-state index contributed by atoms with van der Waals surface area (Å²) < 4.78 is 0. The Kier molecular flexibility index (Phi) is 5.70. The van der Waals surface area contributed by atoms with Gasteiger partial charge < -0.3 is 4.90 Å². The van der Waals surface area contributed by atoms with E-state index in [-0.39, 0.29) is 17.2 Å². The molecule has 1 aliphatic rings. The predicted molar refractivity (Wildman–Crippen MR) is 111 cm³/mol. The Labute approximate surface area is 165 Å². The molecule has 0 saturated heterocycles. The average Bonchev–Trinajstić information content (AvgIpc) is 2.64. The van der Waals surface area contributed by atoms with Gasteiger partial charge in [0, 0.05) is 31.1 Å². The molecule has 1 aliphatic heterocycles. The number of carbonyl (C=O) groups excluding carboxylic acids is 2. The zero-order chi connectivity index (χ0) is 20.3. The van der Waals surface area contributed by atoms with Crippen LogP contribution in [0.25, 0.3) is 0 Å². The third kappa shape index (κ3) is 4.17. The van der Waals surface area contributed by atoms with Crippen molar-refractivity contribution < 1.29 is 9.59 Å². The van der Waals surface area contributed by atoms with Crippen LogP contribution in [0.4, 0.5) is 5.82 Å². The van der Waals surface area contributed by atoms with Gasteiger partial charge >= 0.3 is 0 Å². The third-order valence-corrected chi connectivity index (χ3v) is 4.61. The first-order valence-electron chi connectivity index (χ1n) is 9.33. The van der Waals surface area contributed by atoms with E-state index in [1.807, 2.05) is 26.2 Å². The van der Waals surface area contributed by atoms with E-state index in [1.165, 1.54) is 0 Å². The SMILES string of the molecule is CN(C)CC(C)(C)CN=CC1C(=O)N(c2ccccn2)C(=O)c2ccccc21. The minimum Gasteiger partial charge on any atom is -0.309 e. The molecule has 28 heavy (non-hydrogen) atoms. The van der Waals surface area contributed by atoms with Crippen LogP contribution in [0.3, 0.4) is 0 Å². The van der Waals surface area contributed by atoms with Crippen LogP contribution in [0, 0.1) is 5.41 Å². The zero-order valence-corrected chi connectivity index (χ0v) is 16.8. The Hall–Kier alpha value is -2.86. The summed E-state index contributed by atoms with van der Waals surface area (Å²) in [6.07, 6.45) is 3.25. The summed E-state index contributed by atoms with van der Waals surface area (Å²) in [5.41, 5.74) is 1.18. The van der Waals surface area contributed by atoms with Crippen molar-refractivity contribution >= 4 is 23.8 Å². The maximum atomic E-state index is 13.2. The van der Waals surface area contributed by atoms with Gasteiger partial charge in [0.05, 0.1) is 5.92 Å². The Morgan fingerprint density at radius 2 is 1.86 bits per heavy atom. The fraction of sp³-hybridized carbons (Fsp3) is 0.364. The molecular formula is C22H26N4O2. The molecule has 146 valence electrons. The van der Waals surface area contributed by atoms with Gasteiger partial charge in [0.2, 0.25) is 5.91 Å². The number of amides is 2. The molecule has 0 bridgehead atoms. The van der Waals surface area contributed by atoms with Gasteiger partial charge in [0.1, 0.15) is 5.82 Å². The van der Waals surface area contributed by atoms with Gasteiger partial charge in [-0.25, -0.2) is 9.88 Å². The first kappa shape index (κ1) is 19.9. The van der Waals surface area contributed by atoms with E-state index in [1.54, 1.807) is 42.7 Å². The van der Waals surface area contributed by atoms with Gasteiger partial charge in [-0.15, -0.1) is 0 Å². The van der Waals surface area contributed by atoms with Crippen LogP contribution < -0.4 is 4.90 Å². The second-order valence-electron chi connectivity index (χ2n) is 8.12. The van der Waals surface area contributed by atoms with Crippen molar-refractivity contribution in [3.8, 4) is 0 Å². The number of benzene rings is 1. The van der Waals surface area contributed by atoms with Crippen molar-refractivity contribution in [2.24, 2.45) is 10.4 Å². The van der Waals surface area contributed by atoms with Crippen LogP contribution >= 0.6 is 0 Å². The van der Waals surface area contributed by atoms with E-state index >= 15 is 0 Å². The normalized spacial score (nSPS) is 17.5. The minimum atomic E-state index is -0.605. The first-order valence-corrected chi connectivity index (χ1v) is 9.33. The number of anilines is 1. The molecule has 1 aromatic heterocycles. The van der Waals surface area contributed by atoms with Crippen LogP contribution in [0.1, 0.15) is 35.7 Å². The number of aliphatic imine (C=N–C) groups is 1. The quantitative estimate of drug-likeness (QED) is 0.572. The van der Waals surface area contributed by atoms with Crippen molar-refractivity contribution in [3.05, 3.63) is 59.8 Å². The lowest BCUT2D eigenvalue weighted by Gasteiger charge is -2.30. The van der Waals surface area contributed by atoms with Crippen LogP contribution in [0.15, 0.2) is 53.7 Å². The molecule has 2 amide bonds. The highest BCUT2D eigenvalue weighted by Gasteiger charge is 2.39. The molecule has 0 spiro atoms. The Morgan fingerprint density at radius 1 is 1.14 bits per heavy atom. The minimum absolute atomic E-state index is 0.0201. The topological polar surface area (TPSA) is 65.9 Å². The smallest absolute Gasteiger partial charge is 0.266 e. The van der Waals surface area contributed by atoms with E-state index in [2.05, 4.69) is 28.7 Å². The van der Waals surface area contributed by atoms with E-state index in [0.29, 0.717) is 23.5 Å². The molecule has 0 fully saturated rings. The van der Waals surface area contributed by atoms with Crippen molar-refractivity contribution in [3.63, 3.8) is 0 Å². The fourth-order valence-corrected chi connectivity index (χ4v) is 3.61. The molecule has 0 radical (unpaired) electrons. The maximum Gasteiger partial charge on any atom is 0.266 e. The number of imide groups is 1. The third-order valence-electron chi connectivity index (χ3n) is 4.61. The van der Waals surface area contributed by atoms with E-state index in [9.17, 15) is 9.59 Å². The van der Waals surface area contributed by atoms with Crippen molar-refractivity contribution in [2.45, 2.75) is 19.8 Å². The second-order valence-corrected chi connectivity index (χ2v) is 8.12. The summed E-state index contributed by atoms with van der Waals surface area (Å²) in [4.78, 5) is 38.2. The standard InChI is InChI=1S/C22H26N4O2/c1-22(2,15-25(3)4)14-23-13-18-16-9-5-6-10-17(16)20(27)26(21(18)28)19-11-7-8-12-24-19/h5-13,18H,14-15H2,1-4H3. The van der Waals surface area contributed by atoms with Gasteiger partial charge in [-0.2, -0.15) is 0 Å². The number of fused-ring (bicyclic) bond motifs is 1. The van der Waals surface area contributed by atoms with Crippen LogP contribution in [0.5, 0.6) is 0 Å². The number of aromatic nitrogens is 1. The second kappa shape index (κ2) is 8.02. The lowest BCUT2D eigenvalue weighted by molar-refractivity contribution is -0.118. The fourth-order valence-electron chi connectivity index (χ4n) is 3.61. The maximum absolute atomic E-state index is 13.2. The molecule has 1 unspecified atom stereocenters. The lowest BCUT2D eigenvalue weighted by Crippen LogP contribution is -2.46. The molecule has 0 saturated carbocycles. The summed E-state index contributed by atoms with van der Waals surface area (Å²) in [6, 6.07) is 12.4. The van der Waals surface area contributed by atoms with E-state index in [0.717, 1.165) is 11.4 Å². The summed E-state index contributed by atoms with van der Waals surface area (Å²) in [6.45, 7) is 5.77. The monoisotopic (exact) mass is 378 g/mol. The van der Waals surface area contributed by atoms with Gasteiger partial charge in [-0.05, 0) is 43.3 Å². The molecule has 2 aromatic rings. The van der Waals surface area contributed by atoms with Crippen molar-refractivity contribution in [1.82, 2.24) is 9.88 Å². The number of hydrogen-bond donors (Lipinski definition) is 0. The number of hydrogen-bond acceptors (Lipinski definition) is 5. The molecule has 2 heterocycles. The van der Waals surface area contributed by atoms with Crippen LogP contribution in [0.2, 0.25) is 0 Å². The van der Waals surface area contributed by atoms with Gasteiger partial charge in [0.15, 0.2) is 0 Å². The number of pyridine rings is 1. The van der Waals surface area contributed by atoms with Crippen molar-refractivity contribution in [1.29, 1.82) is 0 Å². The van der Waals surface area contributed by atoms with Gasteiger partial charge in [-0.1, -0.05) is 38.1 Å². The van der Waals surface area contributed by atoms with Gasteiger partial charge in [-0.3, -0.25) is 14.6 Å². The largest absolute Gasteiger partial charge is 0.309 e. The predicted octanol–water partition coefficient (Wildman–Crippen LogP) is 3.01. The Morgan fingerprint density at radius 3 is 2.54 bits per heavy atom. The zero-order valence-electron chi connectivity index (χ0n) is 16.8. The summed E-state index contributed by atoms with van der Waals surface area (Å²) in [5, 5.41) is 0. The highest BCUT2D eigenvalue weighted by atomic mass is 16.2. The molecule has 6 nitrogen and oxygen atoms in total. The van der Waals surface area contributed by atoms with Gasteiger partial charge in [0.25, 0.3) is 5.91 Å². The van der Waals surface area contributed by atoms with E-state index in [4.69, 9.17) is 0 Å². The highest BCUT2D eigenvalue weighted by molar-refractivity contribution is 6.28. The summed E-state index contributed by atoms with van der Waals surface area (Å²) in [7, 11) is 4.06. The molecule has 0 aliphatic carbocycles. The molecule has 1 atom stereocenters. The Bertz CT molecular complexity index is 890. The summed E-state index contributed by atoms with van der Waals surface area (Å²) >= 11 is 0. The average molecular weight is 378 g/mol. The molecule has 1 aromatic carbocycles. The number of carbonyl (C=O) groups is 2. The molecule has 3 rings (SSSR count). The first-order chi connectivity index (χ1) is 13.3. The van der Waals surface area contributed by atoms with Crippen LogP contribution in [-0.2, 0) is 4.79 Å². The molecular weight excluding hydrogens is 352 g/mol. The lowest BCUT2D eigenvalue weighted by atomic mass is 9.88. The van der Waals surface area contributed by atoms with E-state index < -0.39 is 5.92 Å².